The first-order valence-electron chi connectivity index (χ1n) is 18.0. The Morgan fingerprint density at radius 2 is 0.700 bits per heavy atom. The maximum absolute atomic E-state index is 6.56. The van der Waals surface area contributed by atoms with Gasteiger partial charge in [0, 0.05) is 10.6 Å². The lowest BCUT2D eigenvalue weighted by Gasteiger charge is -2.35. The standard InChI is InChI=1S/C46H44O2P2/c1-47-41-31-33-19-15-17-29-39(33)43(45(41)49(35-21-7-3-8-22-35)36-23-9-4-10-24-36)44-40-30-18-16-20-34(40)32-42(48-2)46(44)50(37-25-11-5-12-26-37)38-27-13-6-14-28-38/h3-14,21-28,31-32H,15-20,29-30H2,1-2H3. The van der Waals surface area contributed by atoms with Crippen LogP contribution in [-0.2, 0) is 25.7 Å². The molecule has 0 aromatic heterocycles. The van der Waals surface area contributed by atoms with Crippen LogP contribution in [0.25, 0.3) is 11.1 Å². The highest BCUT2D eigenvalue weighted by Gasteiger charge is 2.35. The van der Waals surface area contributed by atoms with Crippen LogP contribution in [0.15, 0.2) is 133 Å². The monoisotopic (exact) mass is 690 g/mol. The van der Waals surface area contributed by atoms with Crippen molar-refractivity contribution in [1.29, 1.82) is 0 Å². The molecule has 4 heteroatoms. The van der Waals surface area contributed by atoms with E-state index < -0.39 is 15.8 Å². The zero-order valence-corrected chi connectivity index (χ0v) is 30.9. The first-order chi connectivity index (χ1) is 24.8. The van der Waals surface area contributed by atoms with E-state index in [-0.39, 0.29) is 0 Å². The van der Waals surface area contributed by atoms with E-state index >= 15 is 0 Å². The predicted octanol–water partition coefficient (Wildman–Crippen LogP) is 8.64. The summed E-state index contributed by atoms with van der Waals surface area (Å²) in [6.07, 6.45) is 9.16. The number of ether oxygens (including phenoxy) is 2. The largest absolute Gasteiger partial charge is 0.496 e. The Bertz CT molecular complexity index is 1850. The summed E-state index contributed by atoms with van der Waals surface area (Å²) in [6, 6.07) is 49.5. The van der Waals surface area contributed by atoms with Crippen molar-refractivity contribution in [1.82, 2.24) is 0 Å². The molecule has 0 heterocycles. The van der Waals surface area contributed by atoms with Crippen molar-refractivity contribution in [3.05, 3.63) is 156 Å². The predicted molar refractivity (Wildman–Crippen MR) is 216 cm³/mol. The van der Waals surface area contributed by atoms with Crippen LogP contribution in [0.4, 0.5) is 0 Å². The van der Waals surface area contributed by atoms with Crippen molar-refractivity contribution >= 4 is 47.7 Å². The molecule has 0 spiro atoms. The molecular formula is C46H44O2P2. The van der Waals surface area contributed by atoms with Gasteiger partial charge in [0.2, 0.25) is 0 Å². The van der Waals surface area contributed by atoms with Gasteiger partial charge in [0.1, 0.15) is 11.5 Å². The summed E-state index contributed by atoms with van der Waals surface area (Å²) in [4.78, 5) is 0. The number of fused-ring (bicyclic) bond motifs is 2. The molecule has 50 heavy (non-hydrogen) atoms. The van der Waals surface area contributed by atoms with Gasteiger partial charge in [-0.05, 0) is 134 Å². The zero-order valence-electron chi connectivity index (χ0n) is 29.1. The van der Waals surface area contributed by atoms with E-state index in [1.54, 1.807) is 0 Å². The SMILES string of the molecule is COc1cc2c(c(-c3c4c(cc(OC)c3P(c3ccccc3)c3ccccc3)CCCC4)c1P(c1ccccc1)c1ccccc1)CCCC2. The molecule has 250 valence electrons. The molecule has 2 aliphatic rings. The van der Waals surface area contributed by atoms with Gasteiger partial charge in [-0.3, -0.25) is 0 Å². The Balaban J connectivity index is 1.56. The molecule has 0 saturated carbocycles. The summed E-state index contributed by atoms with van der Waals surface area (Å²) in [5.41, 5.74) is 8.78. The van der Waals surface area contributed by atoms with Crippen molar-refractivity contribution in [2.24, 2.45) is 0 Å². The second kappa shape index (κ2) is 14.9. The van der Waals surface area contributed by atoms with Crippen LogP contribution < -0.4 is 41.3 Å². The highest BCUT2D eigenvalue weighted by molar-refractivity contribution is 7.81. The van der Waals surface area contributed by atoms with Crippen LogP contribution in [-0.4, -0.2) is 14.2 Å². The van der Waals surface area contributed by atoms with Gasteiger partial charge in [-0.15, -0.1) is 0 Å². The van der Waals surface area contributed by atoms with Crippen LogP contribution in [0.5, 0.6) is 11.5 Å². The smallest absolute Gasteiger partial charge is 0.128 e. The molecule has 8 rings (SSSR count). The fraction of sp³-hybridized carbons (Fsp3) is 0.217. The molecule has 0 fully saturated rings. The summed E-state index contributed by atoms with van der Waals surface area (Å²) in [5, 5.41) is 8.07. The van der Waals surface area contributed by atoms with E-state index in [4.69, 9.17) is 9.47 Å². The van der Waals surface area contributed by atoms with Gasteiger partial charge in [-0.1, -0.05) is 121 Å². The van der Waals surface area contributed by atoms with E-state index in [1.165, 1.54) is 90.9 Å². The number of hydrogen-bond acceptors (Lipinski definition) is 2. The molecule has 0 amide bonds. The summed E-state index contributed by atoms with van der Waals surface area (Å²) in [7, 11) is 1.84. The van der Waals surface area contributed by atoms with E-state index in [1.807, 2.05) is 14.2 Å². The Hall–Kier alpha value is -4.22. The van der Waals surface area contributed by atoms with E-state index in [9.17, 15) is 0 Å². The third kappa shape index (κ3) is 6.19. The minimum atomic E-state index is -0.958. The van der Waals surface area contributed by atoms with E-state index in [2.05, 4.69) is 133 Å². The summed E-state index contributed by atoms with van der Waals surface area (Å²) in [6.45, 7) is 0. The van der Waals surface area contributed by atoms with Crippen molar-refractivity contribution in [2.75, 3.05) is 14.2 Å². The zero-order chi connectivity index (χ0) is 33.9. The molecule has 2 aliphatic carbocycles. The highest BCUT2D eigenvalue weighted by atomic mass is 31.1. The van der Waals surface area contributed by atoms with Crippen molar-refractivity contribution in [2.45, 2.75) is 51.4 Å². The van der Waals surface area contributed by atoms with Gasteiger partial charge >= 0.3 is 0 Å². The third-order valence-corrected chi connectivity index (χ3v) is 15.4. The van der Waals surface area contributed by atoms with Gasteiger partial charge in [0.05, 0.1) is 14.2 Å². The van der Waals surface area contributed by atoms with Crippen molar-refractivity contribution < 1.29 is 9.47 Å². The third-order valence-electron chi connectivity index (χ3n) is 10.4. The molecule has 0 N–H and O–H groups in total. The number of aryl methyl sites for hydroxylation is 2. The van der Waals surface area contributed by atoms with Crippen molar-refractivity contribution in [3.8, 4) is 22.6 Å². The molecule has 6 aromatic rings. The second-order valence-corrected chi connectivity index (χ2v) is 17.6. The summed E-state index contributed by atoms with van der Waals surface area (Å²) >= 11 is 0. The summed E-state index contributed by atoms with van der Waals surface area (Å²) < 4.78 is 13.1. The molecule has 6 aromatic carbocycles. The van der Waals surface area contributed by atoms with Crippen LogP contribution in [0.2, 0.25) is 0 Å². The molecule has 0 aliphatic heterocycles. The molecule has 0 atom stereocenters. The normalized spacial score (nSPS) is 13.9. The molecule has 0 bridgehead atoms. The topological polar surface area (TPSA) is 18.5 Å². The van der Waals surface area contributed by atoms with Gasteiger partial charge in [-0.25, -0.2) is 0 Å². The first kappa shape index (κ1) is 33.0. The molecule has 2 nitrogen and oxygen atoms in total. The molecule has 0 saturated heterocycles. The number of methoxy groups -OCH3 is 2. The Morgan fingerprint density at radius 3 is 1.00 bits per heavy atom. The lowest BCUT2D eigenvalue weighted by molar-refractivity contribution is 0.416. The lowest BCUT2D eigenvalue weighted by Crippen LogP contribution is -2.30. The number of hydrogen-bond donors (Lipinski definition) is 0. The number of rotatable bonds is 9. The van der Waals surface area contributed by atoms with Crippen LogP contribution >= 0.6 is 15.8 Å². The average Bonchev–Trinajstić information content (AvgIpc) is 3.19. The molecular weight excluding hydrogens is 646 g/mol. The van der Waals surface area contributed by atoms with Crippen LogP contribution in [0.1, 0.15) is 47.9 Å². The molecule has 0 radical (unpaired) electrons. The Labute approximate surface area is 300 Å². The maximum atomic E-state index is 6.56. The van der Waals surface area contributed by atoms with Gasteiger partial charge in [-0.2, -0.15) is 0 Å². The van der Waals surface area contributed by atoms with Crippen LogP contribution in [0, 0.1) is 0 Å². The fourth-order valence-electron chi connectivity index (χ4n) is 8.15. The Kier molecular flexibility index (Phi) is 9.85. The Morgan fingerprint density at radius 1 is 0.400 bits per heavy atom. The minimum absolute atomic E-state index is 0.958. The van der Waals surface area contributed by atoms with Crippen molar-refractivity contribution in [3.63, 3.8) is 0 Å². The second-order valence-electron chi connectivity index (χ2n) is 13.3. The maximum Gasteiger partial charge on any atom is 0.128 e. The molecule has 0 unspecified atom stereocenters. The lowest BCUT2D eigenvalue weighted by atomic mass is 9.80. The average molecular weight is 691 g/mol. The van der Waals surface area contributed by atoms with Crippen LogP contribution in [0.3, 0.4) is 0 Å². The minimum Gasteiger partial charge on any atom is -0.496 e. The van der Waals surface area contributed by atoms with Gasteiger partial charge < -0.3 is 9.47 Å². The fourth-order valence-corrected chi connectivity index (χ4v) is 13.4. The highest BCUT2D eigenvalue weighted by Crippen LogP contribution is 2.50. The quantitative estimate of drug-likeness (QED) is 0.142. The first-order valence-corrected chi connectivity index (χ1v) is 20.7. The summed E-state index contributed by atoms with van der Waals surface area (Å²) in [5.74, 6) is 2.03. The van der Waals surface area contributed by atoms with Gasteiger partial charge in [0.25, 0.3) is 0 Å². The number of benzene rings is 6. The van der Waals surface area contributed by atoms with E-state index in [0.717, 1.165) is 37.2 Å². The van der Waals surface area contributed by atoms with E-state index in [0.29, 0.717) is 0 Å². The van der Waals surface area contributed by atoms with Gasteiger partial charge in [0.15, 0.2) is 0 Å².